The highest BCUT2D eigenvalue weighted by Gasteiger charge is 2.13. The highest BCUT2D eigenvalue weighted by atomic mass is 32.2. The summed E-state index contributed by atoms with van der Waals surface area (Å²) in [7, 11) is 0. The van der Waals surface area contributed by atoms with Gasteiger partial charge >= 0.3 is 0 Å². The van der Waals surface area contributed by atoms with Gasteiger partial charge < -0.3 is 4.74 Å². The molecule has 0 aliphatic carbocycles. The molecule has 3 rings (SSSR count). The van der Waals surface area contributed by atoms with Gasteiger partial charge in [0.25, 0.3) is 0 Å². The van der Waals surface area contributed by atoms with E-state index < -0.39 is 0 Å². The van der Waals surface area contributed by atoms with E-state index >= 15 is 0 Å². The van der Waals surface area contributed by atoms with Crippen LogP contribution in [0.2, 0.25) is 0 Å². The van der Waals surface area contributed by atoms with Gasteiger partial charge in [-0.2, -0.15) is 0 Å². The van der Waals surface area contributed by atoms with E-state index in [4.69, 9.17) is 4.74 Å². The number of aromatic nitrogens is 3. The molecule has 0 aliphatic rings. The van der Waals surface area contributed by atoms with Crippen LogP contribution < -0.4 is 4.74 Å². The summed E-state index contributed by atoms with van der Waals surface area (Å²) >= 11 is 1.53. The van der Waals surface area contributed by atoms with Crippen LogP contribution in [0.3, 0.4) is 0 Å². The fourth-order valence-corrected chi connectivity index (χ4v) is 3.30. The summed E-state index contributed by atoms with van der Waals surface area (Å²) in [4.78, 5) is 0. The fourth-order valence-electron chi connectivity index (χ4n) is 2.53. The highest BCUT2D eigenvalue weighted by Crippen LogP contribution is 2.25. The monoisotopic (exact) mass is 369 g/mol. The van der Waals surface area contributed by atoms with Gasteiger partial charge in [-0.1, -0.05) is 53.7 Å². The minimum atomic E-state index is -0.353. The number of halogens is 1. The molecule has 0 aliphatic heterocycles. The molecule has 0 unspecified atom stereocenters. The van der Waals surface area contributed by atoms with Crippen molar-refractivity contribution < 1.29 is 9.13 Å². The van der Waals surface area contributed by atoms with Gasteiger partial charge in [0.05, 0.1) is 6.61 Å². The highest BCUT2D eigenvalue weighted by molar-refractivity contribution is 7.99. The number of ether oxygens (including phenoxy) is 1. The molecule has 0 fully saturated rings. The normalized spacial score (nSPS) is 10.7. The van der Waals surface area contributed by atoms with Crippen molar-refractivity contribution in [2.75, 3.05) is 12.4 Å². The molecule has 1 aromatic heterocycles. The summed E-state index contributed by atoms with van der Waals surface area (Å²) in [5, 5.41) is 9.43. The third kappa shape index (κ3) is 4.32. The number of rotatable bonds is 8. The minimum absolute atomic E-state index is 0.265. The average Bonchev–Trinajstić information content (AvgIpc) is 3.03. The lowest BCUT2D eigenvalue weighted by molar-refractivity contribution is 0.325. The number of aryl methyl sites for hydroxylation is 1. The second-order valence-electron chi connectivity index (χ2n) is 5.70. The van der Waals surface area contributed by atoms with Crippen LogP contribution in [-0.2, 0) is 6.54 Å². The largest absolute Gasteiger partial charge is 0.490 e. The van der Waals surface area contributed by atoms with Gasteiger partial charge in [0.1, 0.15) is 0 Å². The van der Waals surface area contributed by atoms with Crippen molar-refractivity contribution in [3.63, 3.8) is 0 Å². The van der Waals surface area contributed by atoms with Gasteiger partial charge in [-0.05, 0) is 25.1 Å². The van der Waals surface area contributed by atoms with Gasteiger partial charge in [0.2, 0.25) is 0 Å². The molecule has 0 saturated carbocycles. The molecule has 0 amide bonds. The summed E-state index contributed by atoms with van der Waals surface area (Å²) < 4.78 is 21.1. The van der Waals surface area contributed by atoms with Gasteiger partial charge in [0, 0.05) is 17.9 Å². The lowest BCUT2D eigenvalue weighted by Crippen LogP contribution is -2.04. The zero-order valence-corrected chi connectivity index (χ0v) is 15.4. The molecule has 0 atom stereocenters. The third-order valence-corrected chi connectivity index (χ3v) is 4.64. The number of thioether (sulfide) groups is 1. The van der Waals surface area contributed by atoms with E-state index in [1.54, 1.807) is 18.2 Å². The van der Waals surface area contributed by atoms with Crippen LogP contribution in [0.15, 0.2) is 66.3 Å². The van der Waals surface area contributed by atoms with E-state index in [9.17, 15) is 4.39 Å². The van der Waals surface area contributed by atoms with Crippen LogP contribution in [0.4, 0.5) is 4.39 Å². The first-order valence-corrected chi connectivity index (χ1v) is 9.29. The average molecular weight is 369 g/mol. The van der Waals surface area contributed by atoms with Gasteiger partial charge in [-0.25, -0.2) is 4.39 Å². The van der Waals surface area contributed by atoms with E-state index in [-0.39, 0.29) is 11.6 Å². The number of benzene rings is 2. The van der Waals surface area contributed by atoms with E-state index in [1.807, 2.05) is 35.8 Å². The minimum Gasteiger partial charge on any atom is -0.490 e. The quantitative estimate of drug-likeness (QED) is 0.326. The van der Waals surface area contributed by atoms with Crippen LogP contribution in [0.25, 0.3) is 11.4 Å². The predicted molar refractivity (Wildman–Crippen MR) is 103 cm³/mol. The number of allylic oxidation sites excluding steroid dienone is 1. The number of hydrogen-bond acceptors (Lipinski definition) is 4. The number of hydrogen-bond donors (Lipinski definition) is 0. The zero-order chi connectivity index (χ0) is 18.4. The smallest absolute Gasteiger partial charge is 0.191 e. The first kappa shape index (κ1) is 18.2. The Balaban J connectivity index is 1.68. The van der Waals surface area contributed by atoms with Crippen LogP contribution >= 0.6 is 11.8 Å². The molecule has 1 heterocycles. The van der Waals surface area contributed by atoms with Gasteiger partial charge in [-0.15, -0.1) is 16.8 Å². The summed E-state index contributed by atoms with van der Waals surface area (Å²) in [6.45, 7) is 6.87. The molecular formula is C20H20FN3OS. The Hall–Kier alpha value is -2.60. The first-order valence-electron chi connectivity index (χ1n) is 8.30. The van der Waals surface area contributed by atoms with Crippen molar-refractivity contribution in [2.45, 2.75) is 18.6 Å². The van der Waals surface area contributed by atoms with Crippen LogP contribution in [0, 0.1) is 12.7 Å². The molecule has 2 aromatic carbocycles. The number of nitrogens with zero attached hydrogens (tertiary/aromatic N) is 3. The van der Waals surface area contributed by atoms with E-state index in [2.05, 4.69) is 22.8 Å². The lowest BCUT2D eigenvalue weighted by atomic mass is 10.1. The SMILES string of the molecule is C=CCn1c(SCCOc2ccccc2F)nnc1-c1cccc(C)c1. The molecular weight excluding hydrogens is 349 g/mol. The summed E-state index contributed by atoms with van der Waals surface area (Å²) in [6, 6.07) is 14.6. The summed E-state index contributed by atoms with van der Waals surface area (Å²) in [6.07, 6.45) is 1.82. The topological polar surface area (TPSA) is 39.9 Å². The standard InChI is InChI=1S/C20H20FN3OS/c1-3-11-24-19(16-8-6-7-15(2)14-16)22-23-20(24)26-13-12-25-18-10-5-4-9-17(18)21/h3-10,14H,1,11-13H2,2H3. The Kier molecular flexibility index (Phi) is 6.07. The van der Waals surface area contributed by atoms with E-state index in [0.717, 1.165) is 16.5 Å². The fraction of sp³-hybridized carbons (Fsp3) is 0.200. The molecule has 0 bridgehead atoms. The van der Waals surface area contributed by atoms with Crippen LogP contribution in [0.5, 0.6) is 5.75 Å². The number of para-hydroxylation sites is 1. The van der Waals surface area contributed by atoms with E-state index in [0.29, 0.717) is 18.9 Å². The van der Waals surface area contributed by atoms with Crippen molar-refractivity contribution in [3.8, 4) is 17.1 Å². The Morgan fingerprint density at radius 3 is 2.81 bits per heavy atom. The van der Waals surface area contributed by atoms with Gasteiger partial charge in [-0.3, -0.25) is 4.57 Å². The Morgan fingerprint density at radius 1 is 1.19 bits per heavy atom. The van der Waals surface area contributed by atoms with Crippen molar-refractivity contribution in [1.29, 1.82) is 0 Å². The van der Waals surface area contributed by atoms with Gasteiger partial charge in [0.15, 0.2) is 22.5 Å². The third-order valence-electron chi connectivity index (χ3n) is 3.71. The van der Waals surface area contributed by atoms with Crippen LogP contribution in [0.1, 0.15) is 5.56 Å². The first-order chi connectivity index (χ1) is 12.7. The molecule has 0 N–H and O–H groups in total. The maximum atomic E-state index is 13.6. The molecule has 26 heavy (non-hydrogen) atoms. The van der Waals surface area contributed by atoms with Crippen LogP contribution in [-0.4, -0.2) is 27.1 Å². The molecule has 0 radical (unpaired) electrons. The second-order valence-corrected chi connectivity index (χ2v) is 6.76. The Labute approximate surface area is 156 Å². The van der Waals surface area contributed by atoms with Crippen molar-refractivity contribution in [3.05, 3.63) is 72.6 Å². The molecule has 0 spiro atoms. The molecule has 4 nitrogen and oxygen atoms in total. The summed E-state index contributed by atoms with van der Waals surface area (Å²) in [5.41, 5.74) is 2.19. The van der Waals surface area contributed by atoms with Crippen molar-refractivity contribution in [2.24, 2.45) is 0 Å². The second kappa shape index (κ2) is 8.67. The predicted octanol–water partition coefficient (Wildman–Crippen LogP) is 4.75. The maximum Gasteiger partial charge on any atom is 0.191 e. The lowest BCUT2D eigenvalue weighted by Gasteiger charge is -2.09. The zero-order valence-electron chi connectivity index (χ0n) is 14.6. The molecule has 134 valence electrons. The Morgan fingerprint density at radius 2 is 2.04 bits per heavy atom. The molecule has 0 saturated heterocycles. The van der Waals surface area contributed by atoms with Crippen molar-refractivity contribution in [1.82, 2.24) is 14.8 Å². The molecule has 6 heteroatoms. The van der Waals surface area contributed by atoms with E-state index in [1.165, 1.54) is 23.4 Å². The summed E-state index contributed by atoms with van der Waals surface area (Å²) in [5.74, 6) is 1.36. The Bertz CT molecular complexity index is 894. The van der Waals surface area contributed by atoms with Crippen molar-refractivity contribution >= 4 is 11.8 Å². The molecule has 3 aromatic rings. The maximum absolute atomic E-state index is 13.6.